The van der Waals surface area contributed by atoms with Gasteiger partial charge in [-0.1, -0.05) is 25.5 Å². The summed E-state index contributed by atoms with van der Waals surface area (Å²) in [7, 11) is 0. The Hall–Kier alpha value is -0.720. The normalized spacial score (nSPS) is 17.5. The number of hydrogen-bond acceptors (Lipinski definition) is 1. The molecule has 1 aliphatic rings. The van der Waals surface area contributed by atoms with E-state index in [0.717, 1.165) is 12.5 Å². The van der Waals surface area contributed by atoms with E-state index in [-0.39, 0.29) is 0 Å². The Morgan fingerprint density at radius 1 is 1.55 bits per heavy atom. The highest BCUT2D eigenvalue weighted by Crippen LogP contribution is 2.07. The van der Waals surface area contributed by atoms with Gasteiger partial charge in [-0.25, -0.2) is 0 Å². The van der Waals surface area contributed by atoms with Crippen molar-refractivity contribution in [1.82, 2.24) is 4.90 Å². The maximum absolute atomic E-state index is 2.34. The molecule has 1 aliphatic heterocycles. The Kier molecular flexibility index (Phi) is 2.75. The lowest BCUT2D eigenvalue weighted by atomic mass is 10.1. The summed E-state index contributed by atoms with van der Waals surface area (Å²) in [6.45, 7) is 8.89. The van der Waals surface area contributed by atoms with E-state index in [2.05, 4.69) is 44.0 Å². The van der Waals surface area contributed by atoms with E-state index in [4.69, 9.17) is 0 Å². The van der Waals surface area contributed by atoms with Crippen LogP contribution in [0.15, 0.2) is 23.9 Å². The first-order valence-electron chi connectivity index (χ1n) is 4.27. The van der Waals surface area contributed by atoms with Crippen molar-refractivity contribution in [2.75, 3.05) is 13.1 Å². The van der Waals surface area contributed by atoms with E-state index in [9.17, 15) is 0 Å². The first-order valence-corrected chi connectivity index (χ1v) is 4.27. The standard InChI is InChI=1S/C10H17N/c1-9(2)8-11-6-4-10(3)5-7-11/h4-6,9H,7-8H2,1-3H3. The maximum Gasteiger partial charge on any atom is 0.0359 e. The molecule has 0 atom stereocenters. The topological polar surface area (TPSA) is 3.24 Å². The highest BCUT2D eigenvalue weighted by Gasteiger charge is 2.03. The molecule has 0 bridgehead atoms. The van der Waals surface area contributed by atoms with Crippen LogP contribution in [0.3, 0.4) is 0 Å². The van der Waals surface area contributed by atoms with E-state index in [1.807, 2.05) is 0 Å². The zero-order chi connectivity index (χ0) is 8.27. The molecule has 1 nitrogen and oxygen atoms in total. The molecule has 11 heavy (non-hydrogen) atoms. The second-order valence-corrected chi connectivity index (χ2v) is 3.61. The molecule has 0 unspecified atom stereocenters. The molecule has 0 saturated heterocycles. The average molecular weight is 151 g/mol. The van der Waals surface area contributed by atoms with Crippen molar-refractivity contribution in [3.63, 3.8) is 0 Å². The molecule has 0 saturated carbocycles. The molecule has 0 aromatic rings. The third kappa shape index (κ3) is 2.79. The Bertz CT molecular complexity index is 177. The molecule has 0 amide bonds. The van der Waals surface area contributed by atoms with Crippen molar-refractivity contribution in [3.8, 4) is 0 Å². The van der Waals surface area contributed by atoms with Crippen LogP contribution in [-0.2, 0) is 0 Å². The summed E-state index contributed by atoms with van der Waals surface area (Å²) in [6, 6.07) is 0. The van der Waals surface area contributed by atoms with E-state index >= 15 is 0 Å². The van der Waals surface area contributed by atoms with Gasteiger partial charge < -0.3 is 4.90 Å². The molecule has 0 N–H and O–H groups in total. The van der Waals surface area contributed by atoms with Crippen molar-refractivity contribution >= 4 is 0 Å². The van der Waals surface area contributed by atoms with Crippen LogP contribution >= 0.6 is 0 Å². The van der Waals surface area contributed by atoms with Crippen molar-refractivity contribution in [2.45, 2.75) is 20.8 Å². The summed E-state index contributed by atoms with van der Waals surface area (Å²) < 4.78 is 0. The van der Waals surface area contributed by atoms with Gasteiger partial charge in [-0.15, -0.1) is 0 Å². The van der Waals surface area contributed by atoms with Crippen LogP contribution in [-0.4, -0.2) is 18.0 Å². The molecular weight excluding hydrogens is 134 g/mol. The third-order valence-corrected chi connectivity index (χ3v) is 1.80. The summed E-state index contributed by atoms with van der Waals surface area (Å²) in [5, 5.41) is 0. The summed E-state index contributed by atoms with van der Waals surface area (Å²) in [5.41, 5.74) is 1.38. The van der Waals surface area contributed by atoms with Crippen molar-refractivity contribution < 1.29 is 0 Å². The monoisotopic (exact) mass is 151 g/mol. The van der Waals surface area contributed by atoms with Crippen molar-refractivity contribution in [1.29, 1.82) is 0 Å². The van der Waals surface area contributed by atoms with Gasteiger partial charge in [0.15, 0.2) is 0 Å². The summed E-state index contributed by atoms with van der Waals surface area (Å²) in [4.78, 5) is 2.34. The Balaban J connectivity index is 2.37. The average Bonchev–Trinajstić information content (AvgIpc) is 1.93. The number of rotatable bonds is 2. The van der Waals surface area contributed by atoms with E-state index in [1.165, 1.54) is 12.1 Å². The van der Waals surface area contributed by atoms with Gasteiger partial charge in [0.2, 0.25) is 0 Å². The molecule has 0 aromatic heterocycles. The molecule has 0 aliphatic carbocycles. The summed E-state index contributed by atoms with van der Waals surface area (Å²) >= 11 is 0. The molecule has 0 aromatic carbocycles. The van der Waals surface area contributed by atoms with Gasteiger partial charge in [-0.05, 0) is 25.1 Å². The van der Waals surface area contributed by atoms with Gasteiger partial charge in [0.05, 0.1) is 0 Å². The van der Waals surface area contributed by atoms with Gasteiger partial charge in [-0.2, -0.15) is 0 Å². The fourth-order valence-electron chi connectivity index (χ4n) is 1.22. The minimum atomic E-state index is 0.756. The van der Waals surface area contributed by atoms with Gasteiger partial charge >= 0.3 is 0 Å². The predicted octanol–water partition coefficient (Wildman–Crippen LogP) is 2.42. The summed E-state index contributed by atoms with van der Waals surface area (Å²) in [6.07, 6.45) is 6.63. The zero-order valence-corrected chi connectivity index (χ0v) is 7.67. The second-order valence-electron chi connectivity index (χ2n) is 3.61. The van der Waals surface area contributed by atoms with Gasteiger partial charge in [-0.3, -0.25) is 0 Å². The van der Waals surface area contributed by atoms with E-state index in [1.54, 1.807) is 0 Å². The van der Waals surface area contributed by atoms with Crippen LogP contribution in [0.25, 0.3) is 0 Å². The van der Waals surface area contributed by atoms with Gasteiger partial charge in [0, 0.05) is 13.1 Å². The Morgan fingerprint density at radius 2 is 2.27 bits per heavy atom. The van der Waals surface area contributed by atoms with Crippen LogP contribution in [0.5, 0.6) is 0 Å². The molecular formula is C10H17N. The largest absolute Gasteiger partial charge is 0.373 e. The molecule has 1 heteroatoms. The lowest BCUT2D eigenvalue weighted by molar-refractivity contribution is 0.356. The maximum atomic E-state index is 2.34. The fraction of sp³-hybridized carbons (Fsp3) is 0.600. The highest BCUT2D eigenvalue weighted by atomic mass is 15.1. The molecule has 62 valence electrons. The molecule has 1 rings (SSSR count). The molecule has 0 radical (unpaired) electrons. The molecule has 0 spiro atoms. The Morgan fingerprint density at radius 3 is 2.73 bits per heavy atom. The zero-order valence-electron chi connectivity index (χ0n) is 7.67. The predicted molar refractivity (Wildman–Crippen MR) is 49.3 cm³/mol. The smallest absolute Gasteiger partial charge is 0.0359 e. The first kappa shape index (κ1) is 8.38. The van der Waals surface area contributed by atoms with Crippen molar-refractivity contribution in [2.24, 2.45) is 5.92 Å². The summed E-state index contributed by atoms with van der Waals surface area (Å²) in [5.74, 6) is 0.756. The SMILES string of the molecule is CC1=CCN(CC(C)C)C=C1. The van der Waals surface area contributed by atoms with Crippen LogP contribution in [0, 0.1) is 5.92 Å². The van der Waals surface area contributed by atoms with Crippen LogP contribution in [0.1, 0.15) is 20.8 Å². The van der Waals surface area contributed by atoms with E-state index in [0.29, 0.717) is 0 Å². The van der Waals surface area contributed by atoms with E-state index < -0.39 is 0 Å². The van der Waals surface area contributed by atoms with Crippen LogP contribution in [0.2, 0.25) is 0 Å². The second kappa shape index (κ2) is 3.61. The van der Waals surface area contributed by atoms with Crippen molar-refractivity contribution in [3.05, 3.63) is 23.9 Å². The first-order chi connectivity index (χ1) is 5.18. The quantitative estimate of drug-likeness (QED) is 0.586. The number of allylic oxidation sites excluding steroid dienone is 2. The molecule has 0 fully saturated rings. The minimum Gasteiger partial charge on any atom is -0.373 e. The van der Waals surface area contributed by atoms with Crippen LogP contribution < -0.4 is 0 Å². The number of hydrogen-bond donors (Lipinski definition) is 0. The van der Waals surface area contributed by atoms with Gasteiger partial charge in [0.25, 0.3) is 0 Å². The Labute approximate surface area is 69.4 Å². The number of nitrogens with zero attached hydrogens (tertiary/aromatic N) is 1. The third-order valence-electron chi connectivity index (χ3n) is 1.80. The fourth-order valence-corrected chi connectivity index (χ4v) is 1.22. The lowest BCUT2D eigenvalue weighted by Crippen LogP contribution is -2.24. The highest BCUT2D eigenvalue weighted by molar-refractivity contribution is 5.19. The molecule has 1 heterocycles. The van der Waals surface area contributed by atoms with Gasteiger partial charge in [0.1, 0.15) is 0 Å². The van der Waals surface area contributed by atoms with Crippen LogP contribution in [0.4, 0.5) is 0 Å². The minimum absolute atomic E-state index is 0.756. The lowest BCUT2D eigenvalue weighted by Gasteiger charge is -2.23.